The number of anilines is 2. The van der Waals surface area contributed by atoms with Crippen LogP contribution in [0.1, 0.15) is 5.56 Å². The van der Waals surface area contributed by atoms with Gasteiger partial charge in [-0.15, -0.1) is 0 Å². The molecule has 0 aromatic heterocycles. The smallest absolute Gasteiger partial charge is 0.159 e. The molecular formula is C34H25N4P. The summed E-state index contributed by atoms with van der Waals surface area (Å²) in [7, 11) is -2.76. The van der Waals surface area contributed by atoms with Gasteiger partial charge in [0.1, 0.15) is 18.8 Å². The van der Waals surface area contributed by atoms with Gasteiger partial charge in [0.15, 0.2) is 5.82 Å². The van der Waals surface area contributed by atoms with Crippen molar-refractivity contribution in [3.8, 4) is 6.07 Å². The number of allylic oxidation sites excluding steroid dienone is 1. The van der Waals surface area contributed by atoms with E-state index in [0.29, 0.717) is 17.1 Å². The maximum absolute atomic E-state index is 10.7. The van der Waals surface area contributed by atoms with Crippen molar-refractivity contribution in [2.45, 2.75) is 0 Å². The molecule has 0 fully saturated rings. The Morgan fingerprint density at radius 2 is 0.949 bits per heavy atom. The molecular weight excluding hydrogens is 495 g/mol. The maximum atomic E-state index is 10.7. The third-order valence-electron chi connectivity index (χ3n) is 6.58. The fraction of sp³-hybridized carbons (Fsp3) is 0. The van der Waals surface area contributed by atoms with Crippen molar-refractivity contribution in [2.24, 2.45) is 9.51 Å². The molecule has 6 rings (SSSR count). The molecule has 0 saturated carbocycles. The molecule has 0 unspecified atom stereocenters. The quantitative estimate of drug-likeness (QED) is 0.214. The van der Waals surface area contributed by atoms with E-state index in [0.717, 1.165) is 27.5 Å². The molecule has 0 bridgehead atoms. The largest absolute Gasteiger partial charge is 0.294 e. The minimum absolute atomic E-state index is 0.441. The number of benzene rings is 5. The summed E-state index contributed by atoms with van der Waals surface area (Å²) in [4.78, 5) is 2.08. The second-order valence-electron chi connectivity index (χ2n) is 9.00. The van der Waals surface area contributed by atoms with Crippen LogP contribution in [-0.2, 0) is 0 Å². The lowest BCUT2D eigenvalue weighted by Gasteiger charge is -2.33. The molecule has 186 valence electrons. The van der Waals surface area contributed by atoms with Crippen LogP contribution in [0.4, 0.5) is 11.4 Å². The summed E-state index contributed by atoms with van der Waals surface area (Å²) < 4.78 is 11.0. The van der Waals surface area contributed by atoms with E-state index in [2.05, 4.69) is 35.2 Å². The standard InChI is InChI=1S/C34H25N4P/c35-26-32-33(27-16-6-1-7-17-27)36-39(30-22-12-4-13-23-30,31-24-14-5-15-25-31)37-34(32)38(28-18-8-2-9-19-28)29-20-10-3-11-21-29/h1-25H. The van der Waals surface area contributed by atoms with Crippen LogP contribution in [-0.4, -0.2) is 5.71 Å². The second kappa shape index (κ2) is 10.8. The monoisotopic (exact) mass is 520 g/mol. The molecule has 5 aromatic carbocycles. The first-order valence-corrected chi connectivity index (χ1v) is 14.4. The molecule has 0 radical (unpaired) electrons. The average molecular weight is 521 g/mol. The summed E-state index contributed by atoms with van der Waals surface area (Å²) in [6.07, 6.45) is 0. The zero-order chi connectivity index (χ0) is 26.5. The highest BCUT2D eigenvalue weighted by molar-refractivity contribution is 7.80. The summed E-state index contributed by atoms with van der Waals surface area (Å²) >= 11 is 0. The molecule has 0 spiro atoms. The normalized spacial score (nSPS) is 14.1. The minimum atomic E-state index is -2.76. The van der Waals surface area contributed by atoms with Crippen LogP contribution in [0.15, 0.2) is 173 Å². The molecule has 0 saturated heterocycles. The van der Waals surface area contributed by atoms with Crippen LogP contribution in [0.5, 0.6) is 0 Å². The van der Waals surface area contributed by atoms with Gasteiger partial charge >= 0.3 is 0 Å². The van der Waals surface area contributed by atoms with Crippen LogP contribution >= 0.6 is 7.21 Å². The van der Waals surface area contributed by atoms with Gasteiger partial charge in [-0.05, 0) is 24.3 Å². The molecule has 0 N–H and O–H groups in total. The molecule has 1 aliphatic rings. The van der Waals surface area contributed by atoms with Gasteiger partial charge < -0.3 is 0 Å². The van der Waals surface area contributed by atoms with E-state index < -0.39 is 7.21 Å². The Kier molecular flexibility index (Phi) is 6.75. The Labute approximate surface area is 229 Å². The van der Waals surface area contributed by atoms with Crippen LogP contribution in [0.25, 0.3) is 0 Å². The molecule has 0 aliphatic carbocycles. The summed E-state index contributed by atoms with van der Waals surface area (Å²) in [5.74, 6) is 0.588. The summed E-state index contributed by atoms with van der Waals surface area (Å²) in [6, 6.07) is 53.2. The Morgan fingerprint density at radius 3 is 1.38 bits per heavy atom. The van der Waals surface area contributed by atoms with Crippen LogP contribution in [0.3, 0.4) is 0 Å². The lowest BCUT2D eigenvalue weighted by molar-refractivity contribution is 1.11. The van der Waals surface area contributed by atoms with Crippen molar-refractivity contribution in [2.75, 3.05) is 4.90 Å². The van der Waals surface area contributed by atoms with Crippen LogP contribution < -0.4 is 15.5 Å². The minimum Gasteiger partial charge on any atom is -0.294 e. The summed E-state index contributed by atoms with van der Waals surface area (Å²) in [5.41, 5.74) is 3.82. The van der Waals surface area contributed by atoms with Gasteiger partial charge in [0, 0.05) is 27.5 Å². The van der Waals surface area contributed by atoms with Crippen molar-refractivity contribution < 1.29 is 0 Å². The third-order valence-corrected chi connectivity index (χ3v) is 9.58. The van der Waals surface area contributed by atoms with Gasteiger partial charge in [0.2, 0.25) is 0 Å². The first kappa shape index (κ1) is 24.4. The summed E-state index contributed by atoms with van der Waals surface area (Å²) in [6.45, 7) is 0. The van der Waals surface area contributed by atoms with E-state index >= 15 is 0 Å². The Bertz CT molecular complexity index is 1660. The highest BCUT2D eigenvalue weighted by Gasteiger charge is 2.34. The van der Waals surface area contributed by atoms with Gasteiger partial charge in [-0.3, -0.25) is 4.90 Å². The highest BCUT2D eigenvalue weighted by Crippen LogP contribution is 2.55. The number of nitriles is 1. The molecule has 1 heterocycles. The van der Waals surface area contributed by atoms with Crippen LogP contribution in [0.2, 0.25) is 0 Å². The molecule has 0 amide bonds. The SMILES string of the molecule is N#CC1=C(N(c2ccccc2)c2ccccc2)N=P(c2ccccc2)(c2ccccc2)N=C1c1ccccc1. The van der Waals surface area contributed by atoms with Gasteiger partial charge in [-0.25, -0.2) is 9.51 Å². The molecule has 4 nitrogen and oxygen atoms in total. The maximum Gasteiger partial charge on any atom is 0.159 e. The van der Waals surface area contributed by atoms with Crippen molar-refractivity contribution in [3.05, 3.63) is 169 Å². The zero-order valence-electron chi connectivity index (χ0n) is 21.2. The Hall–Kier alpha value is -4.97. The third kappa shape index (κ3) is 4.61. The lowest BCUT2D eigenvalue weighted by atomic mass is 10.0. The van der Waals surface area contributed by atoms with Crippen LogP contribution in [0, 0.1) is 11.3 Å². The highest BCUT2D eigenvalue weighted by atomic mass is 31.2. The average Bonchev–Trinajstić information content (AvgIpc) is 3.03. The predicted octanol–water partition coefficient (Wildman–Crippen LogP) is 7.83. The fourth-order valence-corrected chi connectivity index (χ4v) is 7.72. The number of hydrogen-bond donors (Lipinski definition) is 0. The van der Waals surface area contributed by atoms with Gasteiger partial charge in [-0.1, -0.05) is 127 Å². The number of hydrogen-bond acceptors (Lipinski definition) is 4. The number of rotatable bonds is 6. The Morgan fingerprint density at radius 1 is 0.538 bits per heavy atom. The van der Waals surface area contributed by atoms with Gasteiger partial charge in [-0.2, -0.15) is 5.26 Å². The van der Waals surface area contributed by atoms with Crippen molar-refractivity contribution in [1.82, 2.24) is 0 Å². The van der Waals surface area contributed by atoms with E-state index in [1.54, 1.807) is 0 Å². The first-order valence-electron chi connectivity index (χ1n) is 12.7. The van der Waals surface area contributed by atoms with E-state index in [1.807, 2.05) is 127 Å². The molecule has 5 aromatic rings. The fourth-order valence-electron chi connectivity index (χ4n) is 4.77. The van der Waals surface area contributed by atoms with Crippen molar-refractivity contribution >= 4 is 34.9 Å². The molecule has 39 heavy (non-hydrogen) atoms. The summed E-state index contributed by atoms with van der Waals surface area (Å²) in [5, 5.41) is 12.7. The van der Waals surface area contributed by atoms with Gasteiger partial charge in [0.25, 0.3) is 0 Å². The number of nitrogens with zero attached hydrogens (tertiary/aromatic N) is 4. The molecule has 5 heteroatoms. The van der Waals surface area contributed by atoms with E-state index in [9.17, 15) is 5.26 Å². The van der Waals surface area contributed by atoms with Gasteiger partial charge in [0.05, 0.1) is 5.71 Å². The zero-order valence-corrected chi connectivity index (χ0v) is 22.1. The van der Waals surface area contributed by atoms with E-state index in [4.69, 9.17) is 9.51 Å². The van der Waals surface area contributed by atoms with Crippen molar-refractivity contribution in [3.63, 3.8) is 0 Å². The topological polar surface area (TPSA) is 51.8 Å². The predicted molar refractivity (Wildman–Crippen MR) is 162 cm³/mol. The first-order chi connectivity index (χ1) is 19.3. The number of para-hydroxylation sites is 2. The molecule has 1 aliphatic heterocycles. The van der Waals surface area contributed by atoms with E-state index in [-0.39, 0.29) is 0 Å². The molecule has 0 atom stereocenters. The van der Waals surface area contributed by atoms with E-state index in [1.165, 1.54) is 0 Å². The Balaban J connectivity index is 1.77. The lowest BCUT2D eigenvalue weighted by Crippen LogP contribution is -2.26. The second-order valence-corrected chi connectivity index (χ2v) is 11.6. The van der Waals surface area contributed by atoms with Crippen molar-refractivity contribution in [1.29, 1.82) is 5.26 Å².